The van der Waals surface area contributed by atoms with Gasteiger partial charge in [0.2, 0.25) is 0 Å². The van der Waals surface area contributed by atoms with Crippen molar-refractivity contribution >= 4 is 28.8 Å². The van der Waals surface area contributed by atoms with Gasteiger partial charge in [-0.15, -0.1) is 0 Å². The number of rotatable bonds is 2. The quantitative estimate of drug-likeness (QED) is 0.895. The monoisotopic (exact) mass is 254 g/mol. The highest BCUT2D eigenvalue weighted by molar-refractivity contribution is 7.18. The van der Waals surface area contributed by atoms with Crippen LogP contribution in [-0.4, -0.2) is 15.0 Å². The topological polar surface area (TPSA) is 64.7 Å². The van der Waals surface area contributed by atoms with Crippen molar-refractivity contribution in [2.45, 2.75) is 20.3 Å². The minimum Gasteiger partial charge on any atom is -0.383 e. The Bertz CT molecular complexity index is 500. The Morgan fingerprint density at radius 3 is 2.69 bits per heavy atom. The molecule has 2 heterocycles. The maximum atomic E-state index is 5.87. The van der Waals surface area contributed by atoms with Crippen LogP contribution in [0.25, 0.3) is 10.8 Å². The first-order valence-electron chi connectivity index (χ1n) is 4.86. The van der Waals surface area contributed by atoms with Gasteiger partial charge in [0.25, 0.3) is 0 Å². The highest BCUT2D eigenvalue weighted by atomic mass is 35.5. The molecule has 0 saturated carbocycles. The van der Waals surface area contributed by atoms with Gasteiger partial charge in [0.15, 0.2) is 10.8 Å². The molecule has 2 N–H and O–H groups in total. The zero-order valence-electron chi connectivity index (χ0n) is 8.99. The number of aryl methyl sites for hydroxylation is 1. The van der Waals surface area contributed by atoms with Crippen molar-refractivity contribution in [1.29, 1.82) is 0 Å². The van der Waals surface area contributed by atoms with E-state index in [-0.39, 0.29) is 0 Å². The molecule has 0 spiro atoms. The van der Waals surface area contributed by atoms with Gasteiger partial charge < -0.3 is 5.73 Å². The number of hydrogen-bond donors (Lipinski definition) is 1. The number of nitrogens with two attached hydrogens (primary N) is 1. The Hall–Kier alpha value is -1.20. The fourth-order valence-electron chi connectivity index (χ4n) is 1.51. The van der Waals surface area contributed by atoms with E-state index < -0.39 is 0 Å². The van der Waals surface area contributed by atoms with Gasteiger partial charge in [0.1, 0.15) is 10.2 Å². The first kappa shape index (κ1) is 11.3. The van der Waals surface area contributed by atoms with E-state index in [0.29, 0.717) is 21.0 Å². The lowest BCUT2D eigenvalue weighted by Gasteiger charge is -2.06. The van der Waals surface area contributed by atoms with Gasteiger partial charge in [0.05, 0.1) is 6.20 Å². The summed E-state index contributed by atoms with van der Waals surface area (Å²) in [6.07, 6.45) is 2.42. The van der Waals surface area contributed by atoms with Crippen molar-refractivity contribution in [3.05, 3.63) is 21.8 Å². The molecule has 0 aliphatic carbocycles. The third-order valence-corrected chi connectivity index (χ3v) is 3.38. The van der Waals surface area contributed by atoms with Crippen LogP contribution in [0.5, 0.6) is 0 Å². The van der Waals surface area contributed by atoms with E-state index in [4.69, 9.17) is 17.3 Å². The number of nitrogen functional groups attached to an aromatic ring is 1. The SMILES string of the molecule is CCc1c(C)nc(-c2ncc(Cl)s2)nc1N. The molecule has 0 amide bonds. The highest BCUT2D eigenvalue weighted by Crippen LogP contribution is 2.27. The molecular formula is C10H11ClN4S. The molecule has 0 atom stereocenters. The Morgan fingerprint density at radius 2 is 2.19 bits per heavy atom. The van der Waals surface area contributed by atoms with Gasteiger partial charge >= 0.3 is 0 Å². The van der Waals surface area contributed by atoms with E-state index >= 15 is 0 Å². The molecule has 0 saturated heterocycles. The van der Waals surface area contributed by atoms with Gasteiger partial charge in [-0.25, -0.2) is 15.0 Å². The molecule has 0 fully saturated rings. The molecule has 0 unspecified atom stereocenters. The second kappa shape index (κ2) is 4.35. The molecule has 4 nitrogen and oxygen atoms in total. The van der Waals surface area contributed by atoms with Crippen LogP contribution in [0.4, 0.5) is 5.82 Å². The van der Waals surface area contributed by atoms with Crippen LogP contribution in [0.2, 0.25) is 4.34 Å². The second-order valence-corrected chi connectivity index (χ2v) is 4.98. The van der Waals surface area contributed by atoms with E-state index in [0.717, 1.165) is 17.7 Å². The van der Waals surface area contributed by atoms with Gasteiger partial charge in [-0.05, 0) is 13.3 Å². The summed E-state index contributed by atoms with van der Waals surface area (Å²) in [4.78, 5) is 12.8. The van der Waals surface area contributed by atoms with Gasteiger partial charge in [-0.3, -0.25) is 0 Å². The summed E-state index contributed by atoms with van der Waals surface area (Å²) < 4.78 is 0.620. The molecule has 0 bridgehead atoms. The smallest absolute Gasteiger partial charge is 0.190 e. The molecular weight excluding hydrogens is 244 g/mol. The molecule has 0 aromatic carbocycles. The fourth-order valence-corrected chi connectivity index (χ4v) is 2.35. The summed E-state index contributed by atoms with van der Waals surface area (Å²) in [6.45, 7) is 3.96. The van der Waals surface area contributed by atoms with E-state index in [1.807, 2.05) is 13.8 Å². The van der Waals surface area contributed by atoms with Crippen LogP contribution >= 0.6 is 22.9 Å². The average molecular weight is 255 g/mol. The fraction of sp³-hybridized carbons (Fsp3) is 0.300. The Balaban J connectivity index is 2.52. The minimum atomic E-state index is 0.524. The number of thiazole rings is 1. The summed E-state index contributed by atoms with van der Waals surface area (Å²) in [7, 11) is 0. The molecule has 0 aliphatic heterocycles. The Morgan fingerprint density at radius 1 is 1.44 bits per heavy atom. The molecule has 84 valence electrons. The standard InChI is InChI=1S/C10H11ClN4S/c1-3-6-5(2)14-9(15-8(6)12)10-13-4-7(11)16-10/h4H,3H2,1-2H3,(H2,12,14,15). The van der Waals surface area contributed by atoms with Crippen LogP contribution in [0.1, 0.15) is 18.2 Å². The zero-order chi connectivity index (χ0) is 11.7. The maximum absolute atomic E-state index is 5.87. The molecule has 2 rings (SSSR count). The molecule has 0 radical (unpaired) electrons. The van der Waals surface area contributed by atoms with Crippen LogP contribution in [0, 0.1) is 6.92 Å². The number of anilines is 1. The van der Waals surface area contributed by atoms with Crippen LogP contribution in [0.15, 0.2) is 6.20 Å². The largest absolute Gasteiger partial charge is 0.383 e. The van der Waals surface area contributed by atoms with E-state index in [1.165, 1.54) is 11.3 Å². The van der Waals surface area contributed by atoms with Crippen molar-refractivity contribution in [2.75, 3.05) is 5.73 Å². The van der Waals surface area contributed by atoms with Crippen LogP contribution in [-0.2, 0) is 6.42 Å². The maximum Gasteiger partial charge on any atom is 0.190 e. The summed E-state index contributed by atoms with van der Waals surface area (Å²) in [6, 6.07) is 0. The zero-order valence-corrected chi connectivity index (χ0v) is 10.6. The third kappa shape index (κ3) is 2.01. The molecule has 2 aromatic heterocycles. The number of aromatic nitrogens is 3. The lowest BCUT2D eigenvalue weighted by molar-refractivity contribution is 1.01. The Labute approximate surface area is 103 Å². The first-order valence-corrected chi connectivity index (χ1v) is 6.06. The lowest BCUT2D eigenvalue weighted by atomic mass is 10.2. The normalized spacial score (nSPS) is 10.7. The summed E-state index contributed by atoms with van der Waals surface area (Å²) in [5.74, 6) is 1.07. The number of nitrogens with zero attached hydrogens (tertiary/aromatic N) is 3. The lowest BCUT2D eigenvalue weighted by Crippen LogP contribution is -2.04. The van der Waals surface area contributed by atoms with E-state index in [2.05, 4.69) is 15.0 Å². The summed E-state index contributed by atoms with van der Waals surface area (Å²) >= 11 is 7.16. The number of halogens is 1. The van der Waals surface area contributed by atoms with Crippen LogP contribution < -0.4 is 5.73 Å². The van der Waals surface area contributed by atoms with Crippen molar-refractivity contribution in [1.82, 2.24) is 15.0 Å². The highest BCUT2D eigenvalue weighted by Gasteiger charge is 2.11. The van der Waals surface area contributed by atoms with Crippen molar-refractivity contribution in [3.8, 4) is 10.8 Å². The molecule has 6 heteroatoms. The first-order chi connectivity index (χ1) is 7.61. The van der Waals surface area contributed by atoms with Gasteiger partial charge in [-0.2, -0.15) is 0 Å². The second-order valence-electron chi connectivity index (χ2n) is 3.32. The predicted molar refractivity (Wildman–Crippen MR) is 66.7 cm³/mol. The summed E-state index contributed by atoms with van der Waals surface area (Å²) in [5, 5.41) is 0.697. The minimum absolute atomic E-state index is 0.524. The van der Waals surface area contributed by atoms with Gasteiger partial charge in [0, 0.05) is 11.3 Å². The molecule has 0 aliphatic rings. The van der Waals surface area contributed by atoms with E-state index in [9.17, 15) is 0 Å². The Kier molecular flexibility index (Phi) is 3.07. The number of hydrogen-bond acceptors (Lipinski definition) is 5. The third-order valence-electron chi connectivity index (χ3n) is 2.27. The van der Waals surface area contributed by atoms with E-state index in [1.54, 1.807) is 6.20 Å². The molecule has 2 aromatic rings. The van der Waals surface area contributed by atoms with Crippen molar-refractivity contribution in [3.63, 3.8) is 0 Å². The van der Waals surface area contributed by atoms with Crippen molar-refractivity contribution in [2.24, 2.45) is 0 Å². The average Bonchev–Trinajstić information content (AvgIpc) is 2.64. The van der Waals surface area contributed by atoms with Crippen LogP contribution in [0.3, 0.4) is 0 Å². The van der Waals surface area contributed by atoms with Crippen molar-refractivity contribution < 1.29 is 0 Å². The molecule has 16 heavy (non-hydrogen) atoms. The predicted octanol–water partition coefficient (Wildman–Crippen LogP) is 2.71. The summed E-state index contributed by atoms with van der Waals surface area (Å²) in [5.41, 5.74) is 7.76. The van der Waals surface area contributed by atoms with Gasteiger partial charge in [-0.1, -0.05) is 29.9 Å².